The quantitative estimate of drug-likeness (QED) is 0.757. The lowest BCUT2D eigenvalue weighted by Crippen LogP contribution is -2.36. The van der Waals surface area contributed by atoms with Gasteiger partial charge in [-0.3, -0.25) is 4.79 Å². The first-order valence-electron chi connectivity index (χ1n) is 6.36. The van der Waals surface area contributed by atoms with Crippen LogP contribution in [0, 0.1) is 0 Å². The number of amides is 2. The van der Waals surface area contributed by atoms with Crippen LogP contribution < -0.4 is 5.32 Å². The Morgan fingerprint density at radius 3 is 2.50 bits per heavy atom. The van der Waals surface area contributed by atoms with Crippen molar-refractivity contribution in [3.05, 3.63) is 30.3 Å². The third-order valence-electron chi connectivity index (χ3n) is 2.73. The fraction of sp³-hybridized carbons (Fsp3) is 0.429. The molecule has 0 saturated heterocycles. The molecule has 0 saturated carbocycles. The van der Waals surface area contributed by atoms with E-state index < -0.39 is 6.09 Å². The summed E-state index contributed by atoms with van der Waals surface area (Å²) in [5, 5.41) is 11.3. The molecule has 0 aliphatic carbocycles. The number of carbonyl (C=O) groups excluding carboxylic acids is 1. The summed E-state index contributed by atoms with van der Waals surface area (Å²) in [5.74, 6) is 0.615. The smallest absolute Gasteiger partial charge is 0.404 e. The highest BCUT2D eigenvalue weighted by molar-refractivity contribution is 7.99. The highest BCUT2D eigenvalue weighted by Crippen LogP contribution is 2.19. The second kappa shape index (κ2) is 8.47. The first-order valence-corrected chi connectivity index (χ1v) is 7.35. The third-order valence-corrected chi connectivity index (χ3v) is 3.90. The summed E-state index contributed by atoms with van der Waals surface area (Å²) in [7, 11) is 3.39. The van der Waals surface area contributed by atoms with E-state index in [1.54, 1.807) is 25.9 Å². The van der Waals surface area contributed by atoms with E-state index in [0.29, 0.717) is 18.6 Å². The minimum atomic E-state index is -1.05. The normalized spacial score (nSPS) is 11.7. The number of nitrogens with zero attached hydrogens (tertiary/aromatic N) is 1. The molecule has 1 atom stereocenters. The van der Waals surface area contributed by atoms with Crippen molar-refractivity contribution in [3.8, 4) is 0 Å². The van der Waals surface area contributed by atoms with E-state index in [-0.39, 0.29) is 11.9 Å². The number of carbonyl (C=O) groups is 2. The Hall–Kier alpha value is -1.69. The predicted molar refractivity (Wildman–Crippen MR) is 80.0 cm³/mol. The number of nitrogens with one attached hydrogen (secondary N) is 1. The zero-order chi connectivity index (χ0) is 15.0. The molecule has 0 bridgehead atoms. The molecule has 1 unspecified atom stereocenters. The minimum Gasteiger partial charge on any atom is -0.465 e. The fourth-order valence-corrected chi connectivity index (χ4v) is 2.60. The average Bonchev–Trinajstić information content (AvgIpc) is 2.42. The summed E-state index contributed by atoms with van der Waals surface area (Å²) in [5.41, 5.74) is 0. The van der Waals surface area contributed by atoms with Crippen LogP contribution in [0.4, 0.5) is 4.79 Å². The van der Waals surface area contributed by atoms with Gasteiger partial charge in [0.25, 0.3) is 0 Å². The summed E-state index contributed by atoms with van der Waals surface area (Å²) in [6.45, 7) is 0. The highest BCUT2D eigenvalue weighted by Gasteiger charge is 2.14. The van der Waals surface area contributed by atoms with E-state index in [4.69, 9.17) is 5.11 Å². The zero-order valence-electron chi connectivity index (χ0n) is 11.7. The Labute approximate surface area is 123 Å². The fourth-order valence-electron chi connectivity index (χ4n) is 1.61. The molecule has 6 heteroatoms. The van der Waals surface area contributed by atoms with Gasteiger partial charge in [0.05, 0.1) is 0 Å². The molecular weight excluding hydrogens is 276 g/mol. The van der Waals surface area contributed by atoms with Crippen molar-refractivity contribution in [1.82, 2.24) is 10.2 Å². The standard InChI is InChI=1S/C14H20N2O3S/c1-16(2)13(17)9-8-11(15-14(18)19)10-20-12-6-4-3-5-7-12/h3-7,11,15H,8-10H2,1-2H3,(H,18,19). The lowest BCUT2D eigenvalue weighted by atomic mass is 10.1. The largest absolute Gasteiger partial charge is 0.465 e. The predicted octanol–water partition coefficient (Wildman–Crippen LogP) is 2.28. The van der Waals surface area contributed by atoms with Crippen LogP contribution in [-0.4, -0.2) is 47.9 Å². The van der Waals surface area contributed by atoms with Crippen LogP contribution in [0.2, 0.25) is 0 Å². The van der Waals surface area contributed by atoms with E-state index in [1.807, 2.05) is 30.3 Å². The van der Waals surface area contributed by atoms with Gasteiger partial charge in [-0.2, -0.15) is 0 Å². The molecule has 0 spiro atoms. The molecule has 0 fully saturated rings. The molecule has 5 nitrogen and oxygen atoms in total. The number of thioether (sulfide) groups is 1. The van der Waals surface area contributed by atoms with Crippen LogP contribution >= 0.6 is 11.8 Å². The molecule has 110 valence electrons. The van der Waals surface area contributed by atoms with Gasteiger partial charge >= 0.3 is 6.09 Å². The van der Waals surface area contributed by atoms with Crippen molar-refractivity contribution in [1.29, 1.82) is 0 Å². The number of rotatable bonds is 7. The van der Waals surface area contributed by atoms with Gasteiger partial charge in [0.2, 0.25) is 5.91 Å². The van der Waals surface area contributed by atoms with Gasteiger partial charge in [0, 0.05) is 37.2 Å². The van der Waals surface area contributed by atoms with Gasteiger partial charge in [-0.1, -0.05) is 18.2 Å². The summed E-state index contributed by atoms with van der Waals surface area (Å²) < 4.78 is 0. The average molecular weight is 296 g/mol. The van der Waals surface area contributed by atoms with Crippen LogP contribution in [0.25, 0.3) is 0 Å². The van der Waals surface area contributed by atoms with Crippen LogP contribution in [-0.2, 0) is 4.79 Å². The summed E-state index contributed by atoms with van der Waals surface area (Å²) >= 11 is 1.58. The Morgan fingerprint density at radius 1 is 1.30 bits per heavy atom. The van der Waals surface area contributed by atoms with Crippen molar-refractivity contribution in [2.75, 3.05) is 19.8 Å². The van der Waals surface area contributed by atoms with Crippen molar-refractivity contribution >= 4 is 23.8 Å². The second-order valence-electron chi connectivity index (χ2n) is 4.60. The van der Waals surface area contributed by atoms with E-state index in [9.17, 15) is 9.59 Å². The van der Waals surface area contributed by atoms with Gasteiger partial charge < -0.3 is 15.3 Å². The molecule has 1 rings (SSSR count). The summed E-state index contributed by atoms with van der Waals surface area (Å²) in [4.78, 5) is 24.9. The maximum Gasteiger partial charge on any atom is 0.404 e. The topological polar surface area (TPSA) is 69.6 Å². The SMILES string of the molecule is CN(C)C(=O)CCC(CSc1ccccc1)NC(=O)O. The molecule has 0 heterocycles. The maximum atomic E-state index is 11.6. The number of hydrogen-bond acceptors (Lipinski definition) is 3. The van der Waals surface area contributed by atoms with Gasteiger partial charge in [0.15, 0.2) is 0 Å². The monoisotopic (exact) mass is 296 g/mol. The molecule has 2 amide bonds. The van der Waals surface area contributed by atoms with Crippen molar-refractivity contribution in [2.24, 2.45) is 0 Å². The Bertz CT molecular complexity index is 437. The van der Waals surface area contributed by atoms with E-state index >= 15 is 0 Å². The van der Waals surface area contributed by atoms with Gasteiger partial charge in [-0.15, -0.1) is 11.8 Å². The molecule has 1 aromatic carbocycles. The first kappa shape index (κ1) is 16.4. The van der Waals surface area contributed by atoms with Crippen molar-refractivity contribution < 1.29 is 14.7 Å². The molecular formula is C14H20N2O3S. The molecule has 0 radical (unpaired) electrons. The number of carboxylic acid groups (broad SMARTS) is 1. The Morgan fingerprint density at radius 2 is 1.95 bits per heavy atom. The molecule has 0 aliphatic rings. The zero-order valence-corrected chi connectivity index (χ0v) is 12.5. The minimum absolute atomic E-state index is 0.00639. The third kappa shape index (κ3) is 6.47. The van der Waals surface area contributed by atoms with Crippen molar-refractivity contribution in [3.63, 3.8) is 0 Å². The summed E-state index contributed by atoms with van der Waals surface area (Å²) in [6.07, 6.45) is -0.211. The lowest BCUT2D eigenvalue weighted by molar-refractivity contribution is -0.128. The molecule has 0 aliphatic heterocycles. The van der Waals surface area contributed by atoms with E-state index in [2.05, 4.69) is 5.32 Å². The Balaban J connectivity index is 2.47. The van der Waals surface area contributed by atoms with Crippen LogP contribution in [0.1, 0.15) is 12.8 Å². The van der Waals surface area contributed by atoms with Crippen LogP contribution in [0.3, 0.4) is 0 Å². The Kier molecular flexibility index (Phi) is 6.93. The van der Waals surface area contributed by atoms with Gasteiger partial charge in [-0.25, -0.2) is 4.79 Å². The second-order valence-corrected chi connectivity index (χ2v) is 5.69. The molecule has 1 aromatic rings. The van der Waals surface area contributed by atoms with Crippen molar-refractivity contribution in [2.45, 2.75) is 23.8 Å². The van der Waals surface area contributed by atoms with E-state index in [1.165, 1.54) is 4.90 Å². The molecule has 0 aromatic heterocycles. The highest BCUT2D eigenvalue weighted by atomic mass is 32.2. The number of benzene rings is 1. The number of hydrogen-bond donors (Lipinski definition) is 2. The maximum absolute atomic E-state index is 11.6. The first-order chi connectivity index (χ1) is 9.49. The van der Waals surface area contributed by atoms with E-state index in [0.717, 1.165) is 4.90 Å². The van der Waals surface area contributed by atoms with Crippen LogP contribution in [0.15, 0.2) is 35.2 Å². The van der Waals surface area contributed by atoms with Gasteiger partial charge in [-0.05, 0) is 18.6 Å². The lowest BCUT2D eigenvalue weighted by Gasteiger charge is -2.17. The summed E-state index contributed by atoms with van der Waals surface area (Å²) in [6, 6.07) is 9.55. The molecule has 20 heavy (non-hydrogen) atoms. The van der Waals surface area contributed by atoms with Crippen LogP contribution in [0.5, 0.6) is 0 Å². The van der Waals surface area contributed by atoms with Gasteiger partial charge in [0.1, 0.15) is 0 Å². The molecule has 2 N–H and O–H groups in total.